The second kappa shape index (κ2) is 7.78. The lowest BCUT2D eigenvalue weighted by atomic mass is 10.1. The molecule has 0 aliphatic heterocycles. The number of aryl methyl sites for hydroxylation is 1. The molecule has 0 saturated heterocycles. The molecule has 5 nitrogen and oxygen atoms in total. The van der Waals surface area contributed by atoms with Gasteiger partial charge in [0.15, 0.2) is 0 Å². The highest BCUT2D eigenvalue weighted by Crippen LogP contribution is 2.29. The fourth-order valence-electron chi connectivity index (χ4n) is 2.58. The van der Waals surface area contributed by atoms with Crippen LogP contribution in [0.3, 0.4) is 0 Å². The van der Waals surface area contributed by atoms with Crippen molar-refractivity contribution in [2.24, 2.45) is 0 Å². The highest BCUT2D eigenvalue weighted by atomic mass is 15.1. The second-order valence-electron chi connectivity index (χ2n) is 6.13. The predicted molar refractivity (Wildman–Crippen MR) is 108 cm³/mol. The van der Waals surface area contributed by atoms with Gasteiger partial charge in [0, 0.05) is 60.3 Å². The van der Waals surface area contributed by atoms with Crippen LogP contribution < -0.4 is 10.2 Å². The zero-order chi connectivity index (χ0) is 18.5. The second-order valence-corrected chi connectivity index (χ2v) is 6.13. The van der Waals surface area contributed by atoms with E-state index in [2.05, 4.69) is 44.7 Å². The zero-order valence-corrected chi connectivity index (χ0v) is 15.4. The molecule has 0 saturated carbocycles. The van der Waals surface area contributed by atoms with Crippen molar-refractivity contribution in [3.05, 3.63) is 73.0 Å². The third-order valence-electron chi connectivity index (χ3n) is 4.29. The summed E-state index contributed by atoms with van der Waals surface area (Å²) in [5.74, 6) is 0.919. The summed E-state index contributed by atoms with van der Waals surface area (Å²) >= 11 is 0. The lowest BCUT2D eigenvalue weighted by molar-refractivity contribution is 0.938. The van der Waals surface area contributed by atoms with Crippen LogP contribution in [-0.4, -0.2) is 28.5 Å². The maximum Gasteiger partial charge on any atom is 0.128 e. The van der Waals surface area contributed by atoms with Crippen LogP contribution in [0.5, 0.6) is 0 Å². The van der Waals surface area contributed by atoms with Crippen molar-refractivity contribution >= 4 is 17.2 Å². The van der Waals surface area contributed by atoms with Gasteiger partial charge in [-0.1, -0.05) is 12.6 Å². The molecular weight excluding hydrogens is 322 g/mol. The first kappa shape index (κ1) is 17.6. The first-order valence-electron chi connectivity index (χ1n) is 8.59. The Hall–Kier alpha value is -3.21. The van der Waals surface area contributed by atoms with Crippen molar-refractivity contribution in [2.75, 3.05) is 23.8 Å². The Balaban J connectivity index is 1.88. The average molecular weight is 345 g/mol. The monoisotopic (exact) mass is 345 g/mol. The summed E-state index contributed by atoms with van der Waals surface area (Å²) in [5, 5.41) is 3.39. The van der Waals surface area contributed by atoms with Crippen LogP contribution in [0.25, 0.3) is 16.8 Å². The Bertz CT molecular complexity index is 902. The molecule has 26 heavy (non-hydrogen) atoms. The Morgan fingerprint density at radius 1 is 1.12 bits per heavy atom. The molecule has 0 bridgehead atoms. The number of nitrogens with zero attached hydrogens (tertiary/aromatic N) is 4. The molecule has 132 valence electrons. The Morgan fingerprint density at radius 3 is 2.69 bits per heavy atom. The molecule has 3 aromatic heterocycles. The van der Waals surface area contributed by atoms with Crippen LogP contribution in [-0.2, 0) is 0 Å². The van der Waals surface area contributed by atoms with Gasteiger partial charge >= 0.3 is 0 Å². The molecule has 3 aromatic rings. The molecule has 3 heterocycles. The van der Waals surface area contributed by atoms with Crippen LogP contribution in [0.1, 0.15) is 18.2 Å². The van der Waals surface area contributed by atoms with E-state index in [1.165, 1.54) is 0 Å². The van der Waals surface area contributed by atoms with Crippen molar-refractivity contribution in [2.45, 2.75) is 13.8 Å². The van der Waals surface area contributed by atoms with Crippen molar-refractivity contribution < 1.29 is 0 Å². The average Bonchev–Trinajstić information content (AvgIpc) is 2.68. The molecule has 0 unspecified atom stereocenters. The molecule has 0 atom stereocenters. The normalized spacial score (nSPS) is 10.4. The minimum Gasteiger partial charge on any atom is -0.360 e. The van der Waals surface area contributed by atoms with E-state index >= 15 is 0 Å². The molecule has 1 N–H and O–H groups in total. The molecule has 0 amide bonds. The molecule has 0 aromatic carbocycles. The van der Waals surface area contributed by atoms with Crippen LogP contribution >= 0.6 is 0 Å². The van der Waals surface area contributed by atoms with E-state index in [9.17, 15) is 0 Å². The molecule has 0 radical (unpaired) electrons. The van der Waals surface area contributed by atoms with Crippen molar-refractivity contribution in [3.8, 4) is 11.1 Å². The maximum atomic E-state index is 4.41. The van der Waals surface area contributed by atoms with Gasteiger partial charge in [-0.05, 0) is 38.1 Å². The molecule has 0 spiro atoms. The van der Waals surface area contributed by atoms with Gasteiger partial charge in [-0.3, -0.25) is 9.97 Å². The van der Waals surface area contributed by atoms with E-state index in [-0.39, 0.29) is 0 Å². The van der Waals surface area contributed by atoms with Crippen LogP contribution in [0.15, 0.2) is 61.7 Å². The van der Waals surface area contributed by atoms with E-state index in [0.717, 1.165) is 46.1 Å². The lowest BCUT2D eigenvalue weighted by Crippen LogP contribution is -2.17. The molecule has 0 fully saturated rings. The highest BCUT2D eigenvalue weighted by Gasteiger charge is 2.09. The summed E-state index contributed by atoms with van der Waals surface area (Å²) in [4.78, 5) is 15.1. The number of rotatable bonds is 6. The topological polar surface area (TPSA) is 53.9 Å². The van der Waals surface area contributed by atoms with Gasteiger partial charge in [0.05, 0.1) is 11.9 Å². The smallest absolute Gasteiger partial charge is 0.128 e. The first-order valence-corrected chi connectivity index (χ1v) is 8.59. The number of anilines is 2. The Labute approximate surface area is 154 Å². The minimum absolute atomic E-state index is 0.799. The summed E-state index contributed by atoms with van der Waals surface area (Å²) in [6.07, 6.45) is 7.27. The SMILES string of the molecule is C=C(Nc1cnccc1-c1ccc(C)nc1)c1ccnc(N(C)CC)c1. The van der Waals surface area contributed by atoms with Gasteiger partial charge in [0.1, 0.15) is 5.82 Å². The number of hydrogen-bond donors (Lipinski definition) is 1. The first-order chi connectivity index (χ1) is 12.6. The summed E-state index contributed by atoms with van der Waals surface area (Å²) < 4.78 is 0. The number of aromatic nitrogens is 3. The summed E-state index contributed by atoms with van der Waals surface area (Å²) in [5.41, 5.74) is 5.75. The van der Waals surface area contributed by atoms with Crippen LogP contribution in [0, 0.1) is 6.92 Å². The maximum absolute atomic E-state index is 4.41. The molecule has 3 rings (SSSR count). The van der Waals surface area contributed by atoms with E-state index in [4.69, 9.17) is 0 Å². The van der Waals surface area contributed by atoms with E-state index in [1.807, 2.05) is 44.4 Å². The molecule has 0 aliphatic carbocycles. The summed E-state index contributed by atoms with van der Waals surface area (Å²) in [7, 11) is 2.02. The quantitative estimate of drug-likeness (QED) is 0.718. The standard InChI is InChI=1S/C21H23N5/c1-5-26(4)21-12-17(8-11-23-21)16(3)25-20-14-22-10-9-19(20)18-7-6-15(2)24-13-18/h6-14,25H,3,5H2,1-2,4H3. The van der Waals surface area contributed by atoms with Gasteiger partial charge in [0.25, 0.3) is 0 Å². The fourth-order valence-corrected chi connectivity index (χ4v) is 2.58. The highest BCUT2D eigenvalue weighted by molar-refractivity contribution is 5.85. The number of nitrogens with one attached hydrogen (secondary N) is 1. The van der Waals surface area contributed by atoms with Crippen LogP contribution in [0.2, 0.25) is 0 Å². The van der Waals surface area contributed by atoms with Crippen molar-refractivity contribution in [3.63, 3.8) is 0 Å². The fraction of sp³-hybridized carbons (Fsp3) is 0.190. The zero-order valence-electron chi connectivity index (χ0n) is 15.4. The summed E-state index contributed by atoms with van der Waals surface area (Å²) in [6, 6.07) is 10.0. The van der Waals surface area contributed by atoms with Crippen LogP contribution in [0.4, 0.5) is 11.5 Å². The van der Waals surface area contributed by atoms with Gasteiger partial charge in [0.2, 0.25) is 0 Å². The lowest BCUT2D eigenvalue weighted by Gasteiger charge is -2.18. The minimum atomic E-state index is 0.799. The van der Waals surface area contributed by atoms with E-state index in [0.29, 0.717) is 0 Å². The van der Waals surface area contributed by atoms with Crippen molar-refractivity contribution in [1.29, 1.82) is 0 Å². The third-order valence-corrected chi connectivity index (χ3v) is 4.29. The number of pyridine rings is 3. The Morgan fingerprint density at radius 2 is 1.96 bits per heavy atom. The van der Waals surface area contributed by atoms with Gasteiger partial charge in [-0.2, -0.15) is 0 Å². The summed E-state index contributed by atoms with van der Waals surface area (Å²) in [6.45, 7) is 9.16. The van der Waals surface area contributed by atoms with E-state index in [1.54, 1.807) is 18.6 Å². The van der Waals surface area contributed by atoms with Gasteiger partial charge < -0.3 is 10.2 Å². The molecule has 0 aliphatic rings. The molecule has 5 heteroatoms. The predicted octanol–water partition coefficient (Wildman–Crippen LogP) is 4.39. The molecular formula is C21H23N5. The number of hydrogen-bond acceptors (Lipinski definition) is 5. The van der Waals surface area contributed by atoms with Crippen molar-refractivity contribution in [1.82, 2.24) is 15.0 Å². The van der Waals surface area contributed by atoms with Gasteiger partial charge in [-0.25, -0.2) is 4.98 Å². The Kier molecular flexibility index (Phi) is 5.27. The third kappa shape index (κ3) is 3.88. The van der Waals surface area contributed by atoms with E-state index < -0.39 is 0 Å². The van der Waals surface area contributed by atoms with Gasteiger partial charge in [-0.15, -0.1) is 0 Å². The largest absolute Gasteiger partial charge is 0.360 e.